The van der Waals surface area contributed by atoms with Crippen LogP contribution in [0.3, 0.4) is 0 Å². The fourth-order valence-corrected chi connectivity index (χ4v) is 4.22. The highest BCUT2D eigenvalue weighted by molar-refractivity contribution is 7.85. The number of anilines is 3. The number of para-hydroxylation sites is 1. The van der Waals surface area contributed by atoms with E-state index in [0.29, 0.717) is 10.8 Å². The Morgan fingerprint density at radius 2 is 1.79 bits per heavy atom. The molecule has 6 heteroatoms. The molecule has 0 aliphatic heterocycles. The number of ether oxygens (including phenoxy) is 1. The lowest BCUT2D eigenvalue weighted by Crippen LogP contribution is -2.19. The molecule has 5 nitrogen and oxygen atoms in total. The highest BCUT2D eigenvalue weighted by Crippen LogP contribution is 2.28. The average molecular weight is 403 g/mol. The number of carbonyl (C=O) groups excluding carboxylic acids is 1. The molecule has 2 atom stereocenters. The molecule has 2 rings (SSSR count). The van der Waals surface area contributed by atoms with E-state index in [0.717, 1.165) is 23.5 Å². The second kappa shape index (κ2) is 10.9. The molecule has 0 bridgehead atoms. The van der Waals surface area contributed by atoms with E-state index in [9.17, 15) is 9.00 Å². The van der Waals surface area contributed by atoms with Gasteiger partial charge in [0.2, 0.25) is 0 Å². The van der Waals surface area contributed by atoms with E-state index in [2.05, 4.69) is 36.1 Å². The number of hydrogen-bond acceptors (Lipinski definition) is 5. The third kappa shape index (κ3) is 7.00. The fourth-order valence-electron chi connectivity index (χ4n) is 3.02. The van der Waals surface area contributed by atoms with Crippen LogP contribution in [0.1, 0.15) is 33.6 Å². The van der Waals surface area contributed by atoms with Gasteiger partial charge in [-0.15, -0.1) is 0 Å². The first-order chi connectivity index (χ1) is 13.4. The predicted molar refractivity (Wildman–Crippen MR) is 117 cm³/mol. The van der Waals surface area contributed by atoms with E-state index in [1.54, 1.807) is 0 Å². The largest absolute Gasteiger partial charge is 0.469 e. The Morgan fingerprint density at radius 3 is 2.43 bits per heavy atom. The van der Waals surface area contributed by atoms with Crippen LogP contribution in [-0.2, 0) is 20.3 Å². The molecule has 0 heterocycles. The Bertz CT molecular complexity index is 794. The molecular formula is C22H30N2O3S. The third-order valence-electron chi connectivity index (χ3n) is 4.24. The average Bonchev–Trinajstić information content (AvgIpc) is 2.67. The molecule has 0 fully saturated rings. The van der Waals surface area contributed by atoms with Crippen molar-refractivity contribution in [2.45, 2.75) is 44.6 Å². The van der Waals surface area contributed by atoms with Gasteiger partial charge in [-0.05, 0) is 49.6 Å². The highest BCUT2D eigenvalue weighted by atomic mass is 32.2. The first-order valence-corrected chi connectivity index (χ1v) is 10.9. The van der Waals surface area contributed by atoms with Crippen LogP contribution in [0.5, 0.6) is 0 Å². The monoisotopic (exact) mass is 402 g/mol. The SMILES string of the molecule is COC(=O)CCS(=O)c1cc(Nc2ccccc2)ccc1NC(C)CC(C)C. The van der Waals surface area contributed by atoms with Crippen LogP contribution in [0.2, 0.25) is 0 Å². The van der Waals surface area contributed by atoms with Crippen LogP contribution >= 0.6 is 0 Å². The van der Waals surface area contributed by atoms with Gasteiger partial charge in [0.05, 0.1) is 34.9 Å². The minimum atomic E-state index is -1.32. The van der Waals surface area contributed by atoms with Crippen LogP contribution < -0.4 is 10.6 Å². The van der Waals surface area contributed by atoms with Gasteiger partial charge >= 0.3 is 5.97 Å². The van der Waals surface area contributed by atoms with Gasteiger partial charge in [-0.2, -0.15) is 0 Å². The molecule has 2 aromatic rings. The van der Waals surface area contributed by atoms with Crippen molar-refractivity contribution in [3.05, 3.63) is 48.5 Å². The molecule has 0 amide bonds. The number of carbonyl (C=O) groups is 1. The Hall–Kier alpha value is -2.34. The van der Waals surface area contributed by atoms with Gasteiger partial charge in [0.25, 0.3) is 0 Å². The second-order valence-corrected chi connectivity index (χ2v) is 8.79. The number of benzene rings is 2. The Labute approximate surface area is 170 Å². The van der Waals surface area contributed by atoms with Crippen LogP contribution in [0.25, 0.3) is 0 Å². The predicted octanol–water partition coefficient (Wildman–Crippen LogP) is 4.95. The van der Waals surface area contributed by atoms with Crippen molar-refractivity contribution >= 4 is 33.8 Å². The first kappa shape index (κ1) is 22.0. The Kier molecular flexibility index (Phi) is 8.51. The van der Waals surface area contributed by atoms with Crippen molar-refractivity contribution in [2.75, 3.05) is 23.5 Å². The summed E-state index contributed by atoms with van der Waals surface area (Å²) in [7, 11) is 0.0256. The molecule has 0 spiro atoms. The van der Waals surface area contributed by atoms with Crippen molar-refractivity contribution < 1.29 is 13.7 Å². The lowest BCUT2D eigenvalue weighted by Gasteiger charge is -2.20. The van der Waals surface area contributed by atoms with Crippen LogP contribution in [0.15, 0.2) is 53.4 Å². The van der Waals surface area contributed by atoms with Crippen molar-refractivity contribution in [2.24, 2.45) is 5.92 Å². The molecule has 0 saturated carbocycles. The molecule has 0 radical (unpaired) electrons. The summed E-state index contributed by atoms with van der Waals surface area (Å²) in [5, 5.41) is 6.81. The quantitative estimate of drug-likeness (QED) is 0.551. The minimum Gasteiger partial charge on any atom is -0.469 e. The summed E-state index contributed by atoms with van der Waals surface area (Å²) in [6, 6.07) is 15.9. The zero-order valence-electron chi connectivity index (χ0n) is 17.0. The molecular weight excluding hydrogens is 372 g/mol. The van der Waals surface area contributed by atoms with E-state index in [1.807, 2.05) is 48.5 Å². The van der Waals surface area contributed by atoms with Gasteiger partial charge in [0.1, 0.15) is 0 Å². The lowest BCUT2D eigenvalue weighted by molar-refractivity contribution is -0.140. The van der Waals surface area contributed by atoms with E-state index >= 15 is 0 Å². The summed E-state index contributed by atoms with van der Waals surface area (Å²) in [6.07, 6.45) is 1.14. The summed E-state index contributed by atoms with van der Waals surface area (Å²) < 4.78 is 17.6. The van der Waals surface area contributed by atoms with Gasteiger partial charge in [0, 0.05) is 23.2 Å². The van der Waals surface area contributed by atoms with E-state index in [-0.39, 0.29) is 24.2 Å². The first-order valence-electron chi connectivity index (χ1n) is 9.57. The zero-order chi connectivity index (χ0) is 20.5. The topological polar surface area (TPSA) is 67.4 Å². The summed E-state index contributed by atoms with van der Waals surface area (Å²) in [6.45, 7) is 6.48. The molecule has 0 aliphatic carbocycles. The van der Waals surface area contributed by atoms with E-state index in [1.165, 1.54) is 7.11 Å². The summed E-state index contributed by atoms with van der Waals surface area (Å²) in [5.74, 6) is 0.443. The van der Waals surface area contributed by atoms with Gasteiger partial charge < -0.3 is 15.4 Å². The maximum atomic E-state index is 12.9. The maximum Gasteiger partial charge on any atom is 0.306 e. The van der Waals surface area contributed by atoms with Crippen LogP contribution in [0, 0.1) is 5.92 Å². The number of rotatable bonds is 10. The minimum absolute atomic E-state index is 0.125. The van der Waals surface area contributed by atoms with Gasteiger partial charge in [-0.25, -0.2) is 0 Å². The Morgan fingerprint density at radius 1 is 1.07 bits per heavy atom. The maximum absolute atomic E-state index is 12.9. The van der Waals surface area contributed by atoms with E-state index in [4.69, 9.17) is 0 Å². The fraction of sp³-hybridized carbons (Fsp3) is 0.409. The van der Waals surface area contributed by atoms with Crippen molar-refractivity contribution in [1.82, 2.24) is 0 Å². The Balaban J connectivity index is 2.24. The van der Waals surface area contributed by atoms with Crippen molar-refractivity contribution in [3.8, 4) is 0 Å². The number of esters is 1. The molecule has 152 valence electrons. The molecule has 28 heavy (non-hydrogen) atoms. The van der Waals surface area contributed by atoms with Crippen LogP contribution in [-0.4, -0.2) is 29.1 Å². The molecule has 0 aliphatic rings. The molecule has 0 saturated heterocycles. The van der Waals surface area contributed by atoms with Crippen molar-refractivity contribution in [3.63, 3.8) is 0 Å². The number of methoxy groups -OCH3 is 1. The number of nitrogens with one attached hydrogen (secondary N) is 2. The van der Waals surface area contributed by atoms with E-state index < -0.39 is 10.8 Å². The summed E-state index contributed by atoms with van der Waals surface area (Å²) in [5.41, 5.74) is 2.66. The lowest BCUT2D eigenvalue weighted by atomic mass is 10.1. The zero-order valence-corrected chi connectivity index (χ0v) is 17.8. The van der Waals surface area contributed by atoms with Crippen LogP contribution in [0.4, 0.5) is 17.1 Å². The molecule has 2 unspecified atom stereocenters. The van der Waals surface area contributed by atoms with Crippen molar-refractivity contribution in [1.29, 1.82) is 0 Å². The van der Waals surface area contributed by atoms with Gasteiger partial charge in [-0.3, -0.25) is 9.00 Å². The third-order valence-corrected chi connectivity index (χ3v) is 5.64. The van der Waals surface area contributed by atoms with Gasteiger partial charge in [-0.1, -0.05) is 32.0 Å². The number of hydrogen-bond donors (Lipinski definition) is 2. The summed E-state index contributed by atoms with van der Waals surface area (Å²) in [4.78, 5) is 12.1. The molecule has 2 N–H and O–H groups in total. The van der Waals surface area contributed by atoms with Gasteiger partial charge in [0.15, 0.2) is 0 Å². The smallest absolute Gasteiger partial charge is 0.306 e. The molecule has 2 aromatic carbocycles. The summed E-state index contributed by atoms with van der Waals surface area (Å²) >= 11 is 0. The highest BCUT2D eigenvalue weighted by Gasteiger charge is 2.15. The normalized spacial score (nSPS) is 13.0. The molecule has 0 aromatic heterocycles. The second-order valence-electron chi connectivity index (χ2n) is 7.25. The standard InChI is InChI=1S/C22H30N2O3S/c1-16(2)14-17(3)23-20-11-10-19(24-18-8-6-5-7-9-18)15-21(20)28(26)13-12-22(25)27-4/h5-11,15-17,23-24H,12-14H2,1-4H3.